The second-order valence-corrected chi connectivity index (χ2v) is 12.3. The van der Waals surface area contributed by atoms with Crippen molar-refractivity contribution in [1.82, 2.24) is 9.21 Å². The van der Waals surface area contributed by atoms with Crippen molar-refractivity contribution in [3.05, 3.63) is 30.3 Å². The van der Waals surface area contributed by atoms with Crippen LogP contribution in [0.3, 0.4) is 0 Å². The molecule has 6 heteroatoms. The first kappa shape index (κ1) is 21.4. The van der Waals surface area contributed by atoms with E-state index in [1.54, 1.807) is 30.3 Å². The lowest BCUT2D eigenvalue weighted by Gasteiger charge is -2.56. The number of sulfonamides is 1. The fourth-order valence-electron chi connectivity index (χ4n) is 7.44. The molecular weight excluding hydrogens is 408 g/mol. The van der Waals surface area contributed by atoms with Crippen LogP contribution in [-0.4, -0.2) is 47.7 Å². The highest BCUT2D eigenvalue weighted by Crippen LogP contribution is 2.46. The number of amides is 1. The van der Waals surface area contributed by atoms with Gasteiger partial charge in [-0.15, -0.1) is 0 Å². The average Bonchev–Trinajstić information content (AvgIpc) is 2.73. The Morgan fingerprint density at radius 3 is 2.00 bits per heavy atom. The zero-order chi connectivity index (χ0) is 21.6. The van der Waals surface area contributed by atoms with E-state index < -0.39 is 10.0 Å². The number of benzene rings is 1. The Morgan fingerprint density at radius 1 is 0.839 bits per heavy atom. The van der Waals surface area contributed by atoms with Gasteiger partial charge in [-0.1, -0.05) is 43.9 Å². The molecule has 5 rings (SSSR count). The number of fused-ring (bicyclic) bond motifs is 4. The summed E-state index contributed by atoms with van der Waals surface area (Å²) in [6.45, 7) is 1.41. The van der Waals surface area contributed by atoms with Gasteiger partial charge in [0.05, 0.1) is 10.9 Å². The van der Waals surface area contributed by atoms with Crippen LogP contribution >= 0.6 is 0 Å². The van der Waals surface area contributed by atoms with Crippen molar-refractivity contribution in [2.75, 3.05) is 0 Å². The summed E-state index contributed by atoms with van der Waals surface area (Å²) in [6.07, 6.45) is 13.3. The van der Waals surface area contributed by atoms with Crippen LogP contribution in [0, 0.1) is 11.8 Å². The van der Waals surface area contributed by atoms with Crippen LogP contribution in [0.15, 0.2) is 35.2 Å². The van der Waals surface area contributed by atoms with Gasteiger partial charge in [0, 0.05) is 25.0 Å². The first-order chi connectivity index (χ1) is 14.9. The summed E-state index contributed by atoms with van der Waals surface area (Å²) in [5.74, 6) is 1.43. The molecule has 2 aliphatic heterocycles. The maximum Gasteiger partial charge on any atom is 0.266 e. The Bertz CT molecular complexity index is 877. The zero-order valence-electron chi connectivity index (χ0n) is 18.7. The van der Waals surface area contributed by atoms with Crippen molar-refractivity contribution in [3.8, 4) is 0 Å². The van der Waals surface area contributed by atoms with Crippen LogP contribution in [0.1, 0.15) is 77.6 Å². The molecule has 5 nitrogen and oxygen atoms in total. The number of carbonyl (C=O) groups excluding carboxylic acids is 1. The fourth-order valence-corrected chi connectivity index (χ4v) is 9.08. The molecule has 0 aromatic heterocycles. The highest BCUT2D eigenvalue weighted by molar-refractivity contribution is 7.89. The summed E-state index contributed by atoms with van der Waals surface area (Å²) in [5, 5.41) is 0. The molecule has 4 bridgehead atoms. The maximum absolute atomic E-state index is 13.4. The molecule has 1 aromatic rings. The molecule has 170 valence electrons. The lowest BCUT2D eigenvalue weighted by molar-refractivity contribution is -0.128. The predicted octanol–water partition coefficient (Wildman–Crippen LogP) is 4.58. The summed E-state index contributed by atoms with van der Waals surface area (Å²) >= 11 is 0. The van der Waals surface area contributed by atoms with Crippen LogP contribution in [0.5, 0.6) is 0 Å². The van der Waals surface area contributed by atoms with Gasteiger partial charge in [-0.3, -0.25) is 9.69 Å². The minimum absolute atomic E-state index is 0.220. The van der Waals surface area contributed by atoms with E-state index in [0.717, 1.165) is 37.5 Å². The van der Waals surface area contributed by atoms with Crippen molar-refractivity contribution in [2.24, 2.45) is 11.8 Å². The molecule has 0 N–H and O–H groups in total. The number of rotatable bonds is 4. The van der Waals surface area contributed by atoms with E-state index in [9.17, 15) is 13.2 Å². The third kappa shape index (κ3) is 4.06. The van der Waals surface area contributed by atoms with E-state index in [1.165, 1.54) is 56.2 Å². The number of hydrogen-bond donors (Lipinski definition) is 0. The van der Waals surface area contributed by atoms with Crippen molar-refractivity contribution < 1.29 is 13.2 Å². The lowest BCUT2D eigenvalue weighted by Crippen LogP contribution is -2.62. The molecule has 2 saturated carbocycles. The molecule has 2 aliphatic carbocycles. The normalized spacial score (nSPS) is 36.0. The molecular formula is C25H36N2O3S. The van der Waals surface area contributed by atoms with Gasteiger partial charge in [0.1, 0.15) is 0 Å². The number of piperidine rings is 2. The second kappa shape index (κ2) is 8.51. The standard InChI is InChI=1S/C25H36N2O3S/c1-18(28)27(31(29,30)25-11-3-2-4-12-25)24-16-21-9-6-10-22(17-24)26(21)23-14-19-7-5-8-20(13-19)15-23/h2-4,11-12,19-24H,5-10,13-17H2,1H3/t19-,20+,21-,22+,23?,24?. The third-order valence-corrected chi connectivity index (χ3v) is 10.4. The van der Waals surface area contributed by atoms with E-state index in [2.05, 4.69) is 4.90 Å². The van der Waals surface area contributed by atoms with Crippen LogP contribution in [0.25, 0.3) is 0 Å². The lowest BCUT2D eigenvalue weighted by atomic mass is 9.68. The van der Waals surface area contributed by atoms with Gasteiger partial charge in [0.25, 0.3) is 10.0 Å². The number of hydrogen-bond acceptors (Lipinski definition) is 4. The largest absolute Gasteiger partial charge is 0.294 e. The summed E-state index contributed by atoms with van der Waals surface area (Å²) in [5.41, 5.74) is 0. The Labute approximate surface area is 187 Å². The Morgan fingerprint density at radius 2 is 1.42 bits per heavy atom. The van der Waals surface area contributed by atoms with Gasteiger partial charge in [-0.2, -0.15) is 0 Å². The first-order valence-corrected chi connectivity index (χ1v) is 13.7. The van der Waals surface area contributed by atoms with Crippen LogP contribution in [-0.2, 0) is 14.8 Å². The highest BCUT2D eigenvalue weighted by atomic mass is 32.2. The molecule has 2 heterocycles. The predicted molar refractivity (Wildman–Crippen MR) is 121 cm³/mol. The van der Waals surface area contributed by atoms with E-state index in [0.29, 0.717) is 18.1 Å². The third-order valence-electron chi connectivity index (χ3n) is 8.47. The van der Waals surface area contributed by atoms with Gasteiger partial charge in [0.15, 0.2) is 0 Å². The molecule has 1 amide bonds. The van der Waals surface area contributed by atoms with E-state index >= 15 is 0 Å². The van der Waals surface area contributed by atoms with E-state index in [1.807, 2.05) is 0 Å². The van der Waals surface area contributed by atoms with Crippen LogP contribution in [0.2, 0.25) is 0 Å². The minimum Gasteiger partial charge on any atom is -0.294 e. The second-order valence-electron chi connectivity index (χ2n) is 10.5. The van der Waals surface area contributed by atoms with Crippen molar-refractivity contribution in [3.63, 3.8) is 0 Å². The van der Waals surface area contributed by atoms with Crippen molar-refractivity contribution in [2.45, 2.75) is 107 Å². The monoisotopic (exact) mass is 444 g/mol. The number of carbonyl (C=O) groups is 1. The molecule has 31 heavy (non-hydrogen) atoms. The summed E-state index contributed by atoms with van der Waals surface area (Å²) in [7, 11) is -3.82. The van der Waals surface area contributed by atoms with Gasteiger partial charge in [-0.05, 0) is 68.9 Å². The Balaban J connectivity index is 1.38. The van der Waals surface area contributed by atoms with E-state index in [-0.39, 0.29) is 16.8 Å². The molecule has 1 aromatic carbocycles. The topological polar surface area (TPSA) is 57.7 Å². The zero-order valence-corrected chi connectivity index (χ0v) is 19.5. The van der Waals surface area contributed by atoms with Gasteiger partial charge >= 0.3 is 0 Å². The summed E-state index contributed by atoms with van der Waals surface area (Å²) in [4.78, 5) is 15.7. The van der Waals surface area contributed by atoms with Gasteiger partial charge in [0.2, 0.25) is 5.91 Å². The SMILES string of the molecule is CC(=O)N(C1C[C@H]2CCC[C@@H](C1)N2C1C[C@H]2CCC[C@@H](C1)C2)S(=O)(=O)c1ccccc1. The van der Waals surface area contributed by atoms with Gasteiger partial charge < -0.3 is 0 Å². The molecule has 4 aliphatic rings. The summed E-state index contributed by atoms with van der Waals surface area (Å²) < 4.78 is 28.0. The maximum atomic E-state index is 13.4. The molecule has 0 spiro atoms. The van der Waals surface area contributed by atoms with Crippen molar-refractivity contribution in [1.29, 1.82) is 0 Å². The highest BCUT2D eigenvalue weighted by Gasteiger charge is 2.48. The molecule has 2 saturated heterocycles. The van der Waals surface area contributed by atoms with E-state index in [4.69, 9.17) is 0 Å². The Kier molecular flexibility index (Phi) is 5.89. The molecule has 0 radical (unpaired) electrons. The minimum atomic E-state index is -3.82. The smallest absolute Gasteiger partial charge is 0.266 e. The Hall–Kier alpha value is -1.40. The van der Waals surface area contributed by atoms with Gasteiger partial charge in [-0.25, -0.2) is 12.7 Å². The van der Waals surface area contributed by atoms with Crippen molar-refractivity contribution >= 4 is 15.9 Å². The van der Waals surface area contributed by atoms with Crippen LogP contribution < -0.4 is 0 Å². The summed E-state index contributed by atoms with van der Waals surface area (Å²) in [6, 6.07) is 9.71. The number of nitrogens with zero attached hydrogens (tertiary/aromatic N) is 2. The molecule has 4 fully saturated rings. The quantitative estimate of drug-likeness (QED) is 0.682. The van der Waals surface area contributed by atoms with Crippen LogP contribution in [0.4, 0.5) is 0 Å². The first-order valence-electron chi connectivity index (χ1n) is 12.3. The fraction of sp³-hybridized carbons (Fsp3) is 0.720. The molecule has 6 atom stereocenters. The average molecular weight is 445 g/mol. The molecule has 2 unspecified atom stereocenters.